The van der Waals surface area contributed by atoms with Crippen LogP contribution in [0.3, 0.4) is 0 Å². The summed E-state index contributed by atoms with van der Waals surface area (Å²) in [4.78, 5) is 11.9. The Hall–Kier alpha value is -2.56. The number of hydrogen-bond acceptors (Lipinski definition) is 4. The Morgan fingerprint density at radius 2 is 2.30 bits per heavy atom. The van der Waals surface area contributed by atoms with Gasteiger partial charge in [0.05, 0.1) is 11.8 Å². The second-order valence-corrected chi connectivity index (χ2v) is 5.32. The molecule has 0 aliphatic rings. The van der Waals surface area contributed by atoms with E-state index in [0.717, 1.165) is 11.6 Å². The van der Waals surface area contributed by atoms with Gasteiger partial charge < -0.3 is 20.5 Å². The summed E-state index contributed by atoms with van der Waals surface area (Å²) in [5.41, 5.74) is 1.01. The zero-order chi connectivity index (χ0) is 16.7. The number of carbonyl (C=O) groups excluding carboxylic acids is 1. The summed E-state index contributed by atoms with van der Waals surface area (Å²) in [5.74, 6) is 1.90. The molecule has 3 N–H and O–H groups in total. The highest BCUT2D eigenvalue weighted by Gasteiger charge is 2.12. The Morgan fingerprint density at radius 1 is 1.48 bits per heavy atom. The number of terminal acetylenes is 1. The van der Waals surface area contributed by atoms with Gasteiger partial charge in [-0.05, 0) is 34.5 Å². The molecule has 0 aliphatic heterocycles. The molecule has 7 heteroatoms. The first-order valence-electron chi connectivity index (χ1n) is 6.71. The number of aliphatic hydroxyl groups excluding tert-OH is 1. The van der Waals surface area contributed by atoms with E-state index in [1.165, 1.54) is 23.5 Å². The van der Waals surface area contributed by atoms with Crippen molar-refractivity contribution in [1.82, 2.24) is 5.32 Å². The van der Waals surface area contributed by atoms with Crippen molar-refractivity contribution in [3.63, 3.8) is 0 Å². The minimum Gasteiger partial charge on any atom is -0.479 e. The van der Waals surface area contributed by atoms with Gasteiger partial charge in [-0.2, -0.15) is 11.3 Å². The fourth-order valence-electron chi connectivity index (χ4n) is 1.78. The predicted octanol–water partition coefficient (Wildman–Crippen LogP) is 2.75. The standard InChI is InChI=1S/C16H15FN2O3S/c1-2-6-22-15-8-12(17)3-4-13(15)19-16(21)18-9-14(20)11-5-7-23-10-11/h1,3-5,7-8,10,14,20H,6,9H2,(H2,18,19,21). The summed E-state index contributed by atoms with van der Waals surface area (Å²) in [6.07, 6.45) is 4.30. The van der Waals surface area contributed by atoms with Crippen molar-refractivity contribution in [2.24, 2.45) is 0 Å². The van der Waals surface area contributed by atoms with Crippen LogP contribution in [0.5, 0.6) is 5.75 Å². The predicted molar refractivity (Wildman–Crippen MR) is 87.0 cm³/mol. The number of nitrogens with one attached hydrogen (secondary N) is 2. The minimum atomic E-state index is -0.794. The molecule has 120 valence electrons. The maximum atomic E-state index is 13.2. The average Bonchev–Trinajstić information content (AvgIpc) is 3.07. The van der Waals surface area contributed by atoms with Crippen molar-refractivity contribution in [2.75, 3.05) is 18.5 Å². The van der Waals surface area contributed by atoms with Gasteiger partial charge in [0.15, 0.2) is 0 Å². The second kappa shape index (κ2) is 8.17. The van der Waals surface area contributed by atoms with Gasteiger partial charge >= 0.3 is 6.03 Å². The number of anilines is 1. The summed E-state index contributed by atoms with van der Waals surface area (Å²) >= 11 is 1.46. The molecular formula is C16H15FN2O3S. The normalized spacial score (nSPS) is 11.3. The van der Waals surface area contributed by atoms with Crippen molar-refractivity contribution in [3.8, 4) is 18.1 Å². The van der Waals surface area contributed by atoms with Crippen LogP contribution in [0.25, 0.3) is 0 Å². The van der Waals surface area contributed by atoms with Crippen LogP contribution in [-0.2, 0) is 0 Å². The molecule has 1 unspecified atom stereocenters. The molecule has 0 saturated heterocycles. The van der Waals surface area contributed by atoms with Crippen molar-refractivity contribution >= 4 is 23.1 Å². The van der Waals surface area contributed by atoms with E-state index in [4.69, 9.17) is 11.2 Å². The molecule has 0 bridgehead atoms. The van der Waals surface area contributed by atoms with Crippen LogP contribution in [-0.4, -0.2) is 24.3 Å². The molecule has 0 saturated carbocycles. The highest BCUT2D eigenvalue weighted by molar-refractivity contribution is 7.07. The van der Waals surface area contributed by atoms with Crippen LogP contribution in [0.1, 0.15) is 11.7 Å². The van der Waals surface area contributed by atoms with E-state index in [-0.39, 0.29) is 24.6 Å². The molecule has 0 spiro atoms. The molecule has 2 aromatic rings. The molecule has 0 fully saturated rings. The number of halogens is 1. The quantitative estimate of drug-likeness (QED) is 0.712. The van der Waals surface area contributed by atoms with E-state index in [2.05, 4.69) is 16.6 Å². The van der Waals surface area contributed by atoms with Gasteiger partial charge in [-0.25, -0.2) is 9.18 Å². The second-order valence-electron chi connectivity index (χ2n) is 4.54. The monoisotopic (exact) mass is 334 g/mol. The molecule has 5 nitrogen and oxygen atoms in total. The van der Waals surface area contributed by atoms with E-state index in [9.17, 15) is 14.3 Å². The fraction of sp³-hybridized carbons (Fsp3) is 0.188. The maximum Gasteiger partial charge on any atom is 0.319 e. The Balaban J connectivity index is 1.93. The van der Waals surface area contributed by atoms with Gasteiger partial charge in [-0.3, -0.25) is 0 Å². The van der Waals surface area contributed by atoms with E-state index >= 15 is 0 Å². The van der Waals surface area contributed by atoms with Crippen molar-refractivity contribution in [1.29, 1.82) is 0 Å². The van der Waals surface area contributed by atoms with Gasteiger partial charge in [0, 0.05) is 12.6 Å². The number of carbonyl (C=O) groups is 1. The van der Waals surface area contributed by atoms with Crippen LogP contribution in [0.15, 0.2) is 35.0 Å². The lowest BCUT2D eigenvalue weighted by atomic mass is 10.2. The third kappa shape index (κ3) is 4.98. The number of amides is 2. The highest BCUT2D eigenvalue weighted by Crippen LogP contribution is 2.25. The third-order valence-electron chi connectivity index (χ3n) is 2.89. The Bertz CT molecular complexity index is 698. The molecule has 1 atom stereocenters. The Kier molecular flexibility index (Phi) is 5.97. The summed E-state index contributed by atoms with van der Waals surface area (Å²) in [5, 5.41) is 18.6. The smallest absolute Gasteiger partial charge is 0.319 e. The fourth-order valence-corrected chi connectivity index (χ4v) is 2.48. The van der Waals surface area contributed by atoms with Gasteiger partial charge in [0.1, 0.15) is 18.2 Å². The first kappa shape index (κ1) is 16.8. The van der Waals surface area contributed by atoms with Crippen LogP contribution in [0, 0.1) is 18.2 Å². The lowest BCUT2D eigenvalue weighted by Gasteiger charge is -2.14. The van der Waals surface area contributed by atoms with Crippen molar-refractivity contribution in [3.05, 3.63) is 46.4 Å². The first-order valence-corrected chi connectivity index (χ1v) is 7.65. The van der Waals surface area contributed by atoms with Gasteiger partial charge in [0.2, 0.25) is 0 Å². The summed E-state index contributed by atoms with van der Waals surface area (Å²) in [7, 11) is 0. The lowest BCUT2D eigenvalue weighted by Crippen LogP contribution is -2.32. The number of benzene rings is 1. The molecular weight excluding hydrogens is 319 g/mol. The van der Waals surface area contributed by atoms with Crippen LogP contribution in [0.4, 0.5) is 14.9 Å². The average molecular weight is 334 g/mol. The number of ether oxygens (including phenoxy) is 1. The van der Waals surface area contributed by atoms with E-state index in [1.807, 2.05) is 5.38 Å². The number of urea groups is 1. The van der Waals surface area contributed by atoms with Crippen LogP contribution >= 0.6 is 11.3 Å². The first-order chi connectivity index (χ1) is 11.1. The number of rotatable bonds is 6. The zero-order valence-electron chi connectivity index (χ0n) is 12.1. The molecule has 1 aromatic carbocycles. The van der Waals surface area contributed by atoms with E-state index < -0.39 is 18.0 Å². The van der Waals surface area contributed by atoms with Crippen molar-refractivity contribution < 1.29 is 19.0 Å². The Labute approximate surface area is 137 Å². The van der Waals surface area contributed by atoms with E-state index in [0.29, 0.717) is 0 Å². The number of thiophene rings is 1. The highest BCUT2D eigenvalue weighted by atomic mass is 32.1. The molecule has 1 heterocycles. The molecule has 23 heavy (non-hydrogen) atoms. The van der Waals surface area contributed by atoms with Gasteiger partial charge in [-0.1, -0.05) is 5.92 Å². The third-order valence-corrected chi connectivity index (χ3v) is 3.59. The maximum absolute atomic E-state index is 13.2. The summed E-state index contributed by atoms with van der Waals surface area (Å²) < 4.78 is 18.4. The van der Waals surface area contributed by atoms with E-state index in [1.54, 1.807) is 11.4 Å². The topological polar surface area (TPSA) is 70.6 Å². The van der Waals surface area contributed by atoms with Gasteiger partial charge in [0.25, 0.3) is 0 Å². The molecule has 0 radical (unpaired) electrons. The van der Waals surface area contributed by atoms with Crippen LogP contribution in [0.2, 0.25) is 0 Å². The SMILES string of the molecule is C#CCOc1cc(F)ccc1NC(=O)NCC(O)c1ccsc1. The van der Waals surface area contributed by atoms with Gasteiger partial charge in [-0.15, -0.1) is 6.42 Å². The zero-order valence-corrected chi connectivity index (χ0v) is 12.9. The van der Waals surface area contributed by atoms with Crippen LogP contribution < -0.4 is 15.4 Å². The largest absolute Gasteiger partial charge is 0.479 e. The summed E-state index contributed by atoms with van der Waals surface area (Å²) in [6, 6.07) is 4.93. The minimum absolute atomic E-state index is 0.0450. The Morgan fingerprint density at radius 3 is 3.00 bits per heavy atom. The molecule has 2 rings (SSSR count). The number of hydrogen-bond donors (Lipinski definition) is 3. The molecule has 0 aliphatic carbocycles. The number of aliphatic hydroxyl groups is 1. The summed E-state index contributed by atoms with van der Waals surface area (Å²) in [6.45, 7) is 0.000923. The molecule has 2 amide bonds. The van der Waals surface area contributed by atoms with Crippen molar-refractivity contribution in [2.45, 2.75) is 6.10 Å². The lowest BCUT2D eigenvalue weighted by molar-refractivity contribution is 0.175. The molecule has 1 aromatic heterocycles.